The first-order chi connectivity index (χ1) is 12.7. The van der Waals surface area contributed by atoms with Crippen molar-refractivity contribution in [2.45, 2.75) is 44.9 Å². The lowest BCUT2D eigenvalue weighted by molar-refractivity contribution is -0.143. The molecule has 2 aromatic carbocycles. The highest BCUT2D eigenvalue weighted by Gasteiger charge is 2.31. The molecule has 0 saturated heterocycles. The molecule has 0 unspecified atom stereocenters. The van der Waals surface area contributed by atoms with Crippen molar-refractivity contribution in [3.63, 3.8) is 0 Å². The number of nitrogens with one attached hydrogen (secondary N) is 1. The molecule has 0 heterocycles. The van der Waals surface area contributed by atoms with Crippen molar-refractivity contribution in [1.29, 1.82) is 0 Å². The molecule has 0 aliphatic rings. The van der Waals surface area contributed by atoms with Gasteiger partial charge in [0.05, 0.1) is 19.1 Å². The maximum Gasteiger partial charge on any atom is 0.307 e. The summed E-state index contributed by atoms with van der Waals surface area (Å²) in [6.07, 6.45) is 0.106. The van der Waals surface area contributed by atoms with Gasteiger partial charge in [-0.3, -0.25) is 4.79 Å². The van der Waals surface area contributed by atoms with Crippen LogP contribution in [0.4, 0.5) is 0 Å². The third kappa shape index (κ3) is 6.54. The molecule has 4 nitrogen and oxygen atoms in total. The average Bonchev–Trinajstić information content (AvgIpc) is 2.60. The number of carbonyl (C=O) groups excluding carboxylic acids is 1. The van der Waals surface area contributed by atoms with E-state index in [4.69, 9.17) is 16.3 Å². The predicted molar refractivity (Wildman–Crippen MR) is 112 cm³/mol. The summed E-state index contributed by atoms with van der Waals surface area (Å²) < 4.78 is 20.4. The zero-order valence-corrected chi connectivity index (χ0v) is 17.7. The smallest absolute Gasteiger partial charge is 0.307 e. The largest absolute Gasteiger partial charge is 0.598 e. The van der Waals surface area contributed by atoms with Gasteiger partial charge in [0, 0.05) is 16.4 Å². The Labute approximate surface area is 169 Å². The lowest BCUT2D eigenvalue weighted by Gasteiger charge is -2.28. The minimum absolute atomic E-state index is 0.106. The van der Waals surface area contributed by atoms with Crippen LogP contribution in [0.15, 0.2) is 48.5 Å². The van der Waals surface area contributed by atoms with Gasteiger partial charge in [-0.05, 0) is 62.6 Å². The number of ether oxygens (including phenoxy) is 1. The third-order valence-corrected chi connectivity index (χ3v) is 5.77. The second-order valence-electron chi connectivity index (χ2n) is 7.20. The van der Waals surface area contributed by atoms with Gasteiger partial charge in [-0.1, -0.05) is 41.9 Å². The summed E-state index contributed by atoms with van der Waals surface area (Å²) in [5, 5.41) is 0.660. The van der Waals surface area contributed by atoms with Crippen LogP contribution in [0.5, 0.6) is 0 Å². The highest BCUT2D eigenvalue weighted by atomic mass is 35.5. The Kier molecular flexibility index (Phi) is 7.74. The Morgan fingerprint density at radius 3 is 2.41 bits per heavy atom. The Balaban J connectivity index is 2.33. The van der Waals surface area contributed by atoms with Gasteiger partial charge in [-0.15, -0.1) is 4.72 Å². The van der Waals surface area contributed by atoms with Gasteiger partial charge in [0.15, 0.2) is 0 Å². The fourth-order valence-electron chi connectivity index (χ4n) is 2.52. The van der Waals surface area contributed by atoms with E-state index < -0.39 is 22.2 Å². The van der Waals surface area contributed by atoms with Gasteiger partial charge in [-0.2, -0.15) is 0 Å². The first kappa shape index (κ1) is 21.8. The predicted octanol–water partition coefficient (Wildman–Crippen LogP) is 5.05. The fraction of sp³-hybridized carbons (Fsp3) is 0.381. The summed E-state index contributed by atoms with van der Waals surface area (Å²) in [6, 6.07) is 15.0. The molecule has 0 fully saturated rings. The number of carbonyl (C=O) groups is 1. The number of halogens is 1. The van der Waals surface area contributed by atoms with Crippen molar-refractivity contribution in [3.05, 3.63) is 59.1 Å². The zero-order valence-electron chi connectivity index (χ0n) is 16.1. The normalized spacial score (nSPS) is 13.9. The molecule has 27 heavy (non-hydrogen) atoms. The van der Waals surface area contributed by atoms with E-state index in [9.17, 15) is 9.35 Å². The van der Waals surface area contributed by atoms with E-state index in [-0.39, 0.29) is 12.4 Å². The molecule has 0 bridgehead atoms. The molecule has 0 spiro atoms. The summed E-state index contributed by atoms with van der Waals surface area (Å²) in [4.78, 5) is 12.1. The molecular formula is C21H26ClNO3S. The molecule has 1 N–H and O–H groups in total. The van der Waals surface area contributed by atoms with Crippen LogP contribution in [0.1, 0.15) is 45.7 Å². The maximum absolute atomic E-state index is 12.6. The Morgan fingerprint density at radius 1 is 1.19 bits per heavy atom. The van der Waals surface area contributed by atoms with E-state index in [1.54, 1.807) is 6.92 Å². The Bertz CT molecular complexity index is 776. The molecule has 2 atom stereocenters. The van der Waals surface area contributed by atoms with Gasteiger partial charge in [0.2, 0.25) is 0 Å². The van der Waals surface area contributed by atoms with Gasteiger partial charge < -0.3 is 9.29 Å². The van der Waals surface area contributed by atoms with E-state index in [2.05, 4.69) is 4.72 Å². The van der Waals surface area contributed by atoms with Crippen LogP contribution in [0.25, 0.3) is 11.1 Å². The first-order valence-corrected chi connectivity index (χ1v) is 10.4. The van der Waals surface area contributed by atoms with E-state index in [0.29, 0.717) is 11.6 Å². The molecule has 2 rings (SSSR count). The molecule has 146 valence electrons. The SMILES string of the molecule is CCOC(=O)C[C@H](N[S@+]([O-])C(C)(C)C)c1cccc(-c2cccc(Cl)c2)c1. The van der Waals surface area contributed by atoms with Crippen LogP contribution in [0, 0.1) is 0 Å². The maximum atomic E-state index is 12.6. The number of hydrogen-bond acceptors (Lipinski definition) is 4. The first-order valence-electron chi connectivity index (χ1n) is 8.90. The minimum Gasteiger partial charge on any atom is -0.598 e. The fourth-order valence-corrected chi connectivity index (χ4v) is 3.54. The Morgan fingerprint density at radius 2 is 1.81 bits per heavy atom. The molecule has 0 radical (unpaired) electrons. The van der Waals surface area contributed by atoms with Gasteiger partial charge in [0.25, 0.3) is 0 Å². The highest BCUT2D eigenvalue weighted by Crippen LogP contribution is 2.28. The zero-order chi connectivity index (χ0) is 20.0. The lowest BCUT2D eigenvalue weighted by atomic mass is 9.98. The van der Waals surface area contributed by atoms with E-state index >= 15 is 0 Å². The van der Waals surface area contributed by atoms with Crippen LogP contribution >= 0.6 is 11.6 Å². The Hall–Kier alpha value is -1.53. The van der Waals surface area contributed by atoms with Gasteiger partial charge in [0.1, 0.15) is 4.75 Å². The minimum atomic E-state index is -1.32. The lowest BCUT2D eigenvalue weighted by Crippen LogP contribution is -2.42. The molecule has 0 aliphatic carbocycles. The third-order valence-electron chi connectivity index (χ3n) is 3.93. The van der Waals surface area contributed by atoms with Crippen molar-refractivity contribution >= 4 is 28.9 Å². The molecule has 0 amide bonds. The number of esters is 1. The van der Waals surface area contributed by atoms with Crippen LogP contribution < -0.4 is 4.72 Å². The molecule has 2 aromatic rings. The van der Waals surface area contributed by atoms with Crippen molar-refractivity contribution < 1.29 is 14.1 Å². The summed E-state index contributed by atoms with van der Waals surface area (Å²) >= 11 is 4.78. The van der Waals surface area contributed by atoms with Gasteiger partial charge in [-0.25, -0.2) is 0 Å². The standard InChI is InChI=1S/C21H26ClNO3S/c1-5-26-20(24)14-19(23-27(25)21(2,3)4)17-10-6-8-15(12-17)16-9-7-11-18(22)13-16/h6-13,19,23H,5,14H2,1-4H3/t19-,27+/m0/s1. The van der Waals surface area contributed by atoms with Crippen molar-refractivity contribution in [1.82, 2.24) is 4.72 Å². The molecular weight excluding hydrogens is 382 g/mol. The molecule has 6 heteroatoms. The summed E-state index contributed by atoms with van der Waals surface area (Å²) in [6.45, 7) is 7.75. The van der Waals surface area contributed by atoms with Crippen LogP contribution in [0.3, 0.4) is 0 Å². The summed E-state index contributed by atoms with van der Waals surface area (Å²) in [7, 11) is 0. The topological polar surface area (TPSA) is 61.4 Å². The van der Waals surface area contributed by atoms with Crippen LogP contribution in [0.2, 0.25) is 5.02 Å². The number of benzene rings is 2. The van der Waals surface area contributed by atoms with E-state index in [1.165, 1.54) is 0 Å². The second-order valence-corrected chi connectivity index (χ2v) is 9.63. The van der Waals surface area contributed by atoms with Crippen LogP contribution in [-0.4, -0.2) is 21.9 Å². The number of hydrogen-bond donors (Lipinski definition) is 1. The molecule has 0 aromatic heterocycles. The van der Waals surface area contributed by atoms with Crippen molar-refractivity contribution in [3.8, 4) is 11.1 Å². The number of rotatable bonds is 7. The highest BCUT2D eigenvalue weighted by molar-refractivity contribution is 7.90. The van der Waals surface area contributed by atoms with E-state index in [1.807, 2.05) is 69.3 Å². The van der Waals surface area contributed by atoms with Crippen LogP contribution in [-0.2, 0) is 20.9 Å². The van der Waals surface area contributed by atoms with Crippen molar-refractivity contribution in [2.75, 3.05) is 6.61 Å². The van der Waals surface area contributed by atoms with Gasteiger partial charge >= 0.3 is 5.97 Å². The monoisotopic (exact) mass is 407 g/mol. The summed E-state index contributed by atoms with van der Waals surface area (Å²) in [5.41, 5.74) is 2.83. The second kappa shape index (κ2) is 9.60. The van der Waals surface area contributed by atoms with Crippen molar-refractivity contribution in [2.24, 2.45) is 0 Å². The quantitative estimate of drug-likeness (QED) is 0.515. The summed E-state index contributed by atoms with van der Waals surface area (Å²) in [5.74, 6) is -0.325. The molecule has 0 saturated carbocycles. The van der Waals surface area contributed by atoms with E-state index in [0.717, 1.165) is 16.7 Å². The molecule has 0 aliphatic heterocycles. The average molecular weight is 408 g/mol.